The molecular formula is C30H33Cl3N2O4. The van der Waals surface area contributed by atoms with E-state index in [0.29, 0.717) is 12.2 Å². The largest absolute Gasteiger partial charge is 0.392 e. The van der Waals surface area contributed by atoms with Gasteiger partial charge in [-0.2, -0.15) is 0 Å². The predicted octanol–water partition coefficient (Wildman–Crippen LogP) is 6.97. The normalized spacial score (nSPS) is 22.5. The molecule has 5 atom stereocenters. The van der Waals surface area contributed by atoms with Gasteiger partial charge in [-0.3, -0.25) is 9.69 Å². The standard InChI is InChI=1S/C30H33Cl3N2O4/c1-19-26(17-35(3)20(2)22-8-5-4-6-9-22)38-28(39-27(19)23-14-12-21(18-36)13-15-23)24-10-7-11-25(16-24)34-29(37)30(31,32)33/h4-16,19-20,26-28,36H,17-18H2,1-3H3,(H,34,37). The Bertz CT molecular complexity index is 1240. The summed E-state index contributed by atoms with van der Waals surface area (Å²) in [5.41, 5.74) is 4.25. The monoisotopic (exact) mass is 590 g/mol. The van der Waals surface area contributed by atoms with Crippen molar-refractivity contribution in [2.24, 2.45) is 5.92 Å². The molecule has 3 aromatic carbocycles. The Hall–Kier alpha value is -2.16. The Morgan fingerprint density at radius 3 is 2.33 bits per heavy atom. The summed E-state index contributed by atoms with van der Waals surface area (Å²) >= 11 is 17.2. The molecule has 0 saturated carbocycles. The second-order valence-corrected chi connectivity index (χ2v) is 12.2. The van der Waals surface area contributed by atoms with E-state index in [9.17, 15) is 9.90 Å². The molecule has 0 aliphatic carbocycles. The van der Waals surface area contributed by atoms with Crippen LogP contribution in [0.3, 0.4) is 0 Å². The van der Waals surface area contributed by atoms with E-state index in [2.05, 4.69) is 43.2 Å². The number of carbonyl (C=O) groups is 1. The summed E-state index contributed by atoms with van der Waals surface area (Å²) in [6.45, 7) is 4.96. The Kier molecular flexibility index (Phi) is 9.94. The van der Waals surface area contributed by atoms with Gasteiger partial charge in [-0.15, -0.1) is 0 Å². The Labute approximate surface area is 244 Å². The average molecular weight is 592 g/mol. The van der Waals surface area contributed by atoms with Gasteiger partial charge >= 0.3 is 0 Å². The molecule has 9 heteroatoms. The zero-order valence-electron chi connectivity index (χ0n) is 22.1. The Balaban J connectivity index is 1.61. The molecule has 1 saturated heterocycles. The smallest absolute Gasteiger partial charge is 0.276 e. The topological polar surface area (TPSA) is 71.0 Å². The lowest BCUT2D eigenvalue weighted by Gasteiger charge is -2.43. The van der Waals surface area contributed by atoms with Gasteiger partial charge in [0.2, 0.25) is 0 Å². The summed E-state index contributed by atoms with van der Waals surface area (Å²) in [5.74, 6) is -0.723. The molecule has 1 heterocycles. The summed E-state index contributed by atoms with van der Waals surface area (Å²) in [7, 11) is 2.09. The minimum Gasteiger partial charge on any atom is -0.392 e. The van der Waals surface area contributed by atoms with E-state index in [4.69, 9.17) is 44.3 Å². The molecule has 4 rings (SSSR count). The first-order chi connectivity index (χ1) is 18.6. The first-order valence-electron chi connectivity index (χ1n) is 12.8. The van der Waals surface area contributed by atoms with E-state index in [1.165, 1.54) is 5.56 Å². The van der Waals surface area contributed by atoms with Crippen LogP contribution in [-0.4, -0.2) is 39.4 Å². The van der Waals surface area contributed by atoms with Crippen LogP contribution in [0.1, 0.15) is 54.5 Å². The molecular weight excluding hydrogens is 559 g/mol. The van der Waals surface area contributed by atoms with Gasteiger partial charge in [0.05, 0.1) is 18.8 Å². The van der Waals surface area contributed by atoms with Crippen LogP contribution in [-0.2, 0) is 20.9 Å². The third-order valence-corrected chi connectivity index (χ3v) is 7.72. The van der Waals surface area contributed by atoms with Gasteiger partial charge in [-0.25, -0.2) is 0 Å². The van der Waals surface area contributed by atoms with Crippen LogP contribution in [0.2, 0.25) is 0 Å². The number of aliphatic hydroxyl groups is 1. The predicted molar refractivity (Wildman–Crippen MR) is 156 cm³/mol. The van der Waals surface area contributed by atoms with E-state index in [0.717, 1.165) is 16.7 Å². The van der Waals surface area contributed by atoms with Crippen molar-refractivity contribution in [1.82, 2.24) is 4.90 Å². The molecule has 1 amide bonds. The zero-order chi connectivity index (χ0) is 28.2. The lowest BCUT2D eigenvalue weighted by molar-refractivity contribution is -0.276. The van der Waals surface area contributed by atoms with Crippen LogP contribution in [0.4, 0.5) is 5.69 Å². The van der Waals surface area contributed by atoms with Gasteiger partial charge in [-0.1, -0.05) is 108 Å². The molecule has 5 unspecified atom stereocenters. The number of anilines is 1. The molecule has 6 nitrogen and oxygen atoms in total. The second kappa shape index (κ2) is 13.0. The van der Waals surface area contributed by atoms with Crippen molar-refractivity contribution in [3.63, 3.8) is 0 Å². The maximum absolute atomic E-state index is 12.2. The molecule has 208 valence electrons. The van der Waals surface area contributed by atoms with Crippen molar-refractivity contribution in [2.75, 3.05) is 18.9 Å². The summed E-state index contributed by atoms with van der Waals surface area (Å²) in [6.07, 6.45) is -1.12. The number of likely N-dealkylation sites (N-methyl/N-ethyl adjacent to an activating group) is 1. The molecule has 1 fully saturated rings. The number of nitrogens with zero attached hydrogens (tertiary/aromatic N) is 1. The SMILES string of the molecule is CC1C(CN(C)C(C)c2ccccc2)OC(c2cccc(NC(=O)C(Cl)(Cl)Cl)c2)OC1c1ccc(CO)cc1. The van der Waals surface area contributed by atoms with Crippen molar-refractivity contribution in [1.29, 1.82) is 0 Å². The van der Waals surface area contributed by atoms with E-state index in [1.807, 2.05) is 48.5 Å². The minimum atomic E-state index is -2.08. The molecule has 39 heavy (non-hydrogen) atoms. The first-order valence-corrected chi connectivity index (χ1v) is 13.9. The number of rotatable bonds is 8. The number of hydrogen-bond donors (Lipinski definition) is 2. The number of hydrogen-bond acceptors (Lipinski definition) is 5. The van der Waals surface area contributed by atoms with Gasteiger partial charge in [0, 0.05) is 29.8 Å². The molecule has 1 aliphatic rings. The number of ether oxygens (including phenoxy) is 2. The first kappa shape index (κ1) is 29.8. The fraction of sp³-hybridized carbons (Fsp3) is 0.367. The number of halogens is 3. The van der Waals surface area contributed by atoms with Gasteiger partial charge in [0.15, 0.2) is 6.29 Å². The summed E-state index contributed by atoms with van der Waals surface area (Å²) in [5, 5.41) is 12.1. The lowest BCUT2D eigenvalue weighted by atomic mass is 9.89. The fourth-order valence-corrected chi connectivity index (χ4v) is 4.86. The number of alkyl halides is 3. The quantitative estimate of drug-likeness (QED) is 0.277. The van der Waals surface area contributed by atoms with Crippen LogP contribution < -0.4 is 5.32 Å². The van der Waals surface area contributed by atoms with E-state index in [-0.39, 0.29) is 30.8 Å². The van der Waals surface area contributed by atoms with Crippen molar-refractivity contribution in [3.05, 3.63) is 101 Å². The van der Waals surface area contributed by atoms with Gasteiger partial charge < -0.3 is 19.9 Å². The summed E-state index contributed by atoms with van der Waals surface area (Å²) in [4.78, 5) is 14.5. The average Bonchev–Trinajstić information content (AvgIpc) is 2.94. The van der Waals surface area contributed by atoms with Gasteiger partial charge in [0.25, 0.3) is 9.70 Å². The van der Waals surface area contributed by atoms with Crippen molar-refractivity contribution in [2.45, 2.75) is 48.8 Å². The fourth-order valence-electron chi connectivity index (χ4n) is 4.72. The van der Waals surface area contributed by atoms with E-state index >= 15 is 0 Å². The highest BCUT2D eigenvalue weighted by Crippen LogP contribution is 2.42. The highest BCUT2D eigenvalue weighted by Gasteiger charge is 2.39. The van der Waals surface area contributed by atoms with Gasteiger partial charge in [0.1, 0.15) is 0 Å². The number of benzene rings is 3. The van der Waals surface area contributed by atoms with Gasteiger partial charge in [-0.05, 0) is 42.8 Å². The molecule has 0 bridgehead atoms. The number of carbonyl (C=O) groups excluding carboxylic acids is 1. The van der Waals surface area contributed by atoms with Crippen LogP contribution in [0.15, 0.2) is 78.9 Å². The van der Waals surface area contributed by atoms with Crippen molar-refractivity contribution >= 4 is 46.4 Å². The highest BCUT2D eigenvalue weighted by atomic mass is 35.6. The molecule has 0 radical (unpaired) electrons. The van der Waals surface area contributed by atoms with Crippen LogP contribution in [0.25, 0.3) is 0 Å². The lowest BCUT2D eigenvalue weighted by Crippen LogP contribution is -2.44. The summed E-state index contributed by atoms with van der Waals surface area (Å²) < 4.78 is 11.0. The zero-order valence-corrected chi connectivity index (χ0v) is 24.3. The summed E-state index contributed by atoms with van der Waals surface area (Å²) in [6, 6.07) is 25.5. The number of amides is 1. The number of aliphatic hydroxyl groups excluding tert-OH is 1. The number of nitrogens with one attached hydrogen (secondary N) is 1. The molecule has 0 aromatic heterocycles. The highest BCUT2D eigenvalue weighted by molar-refractivity contribution is 6.76. The van der Waals surface area contributed by atoms with E-state index in [1.54, 1.807) is 18.2 Å². The third kappa shape index (κ3) is 7.53. The Morgan fingerprint density at radius 2 is 1.69 bits per heavy atom. The second-order valence-electron chi connectivity index (χ2n) is 9.93. The Morgan fingerprint density at radius 1 is 1.00 bits per heavy atom. The molecule has 3 aromatic rings. The molecule has 2 N–H and O–H groups in total. The maximum Gasteiger partial charge on any atom is 0.276 e. The van der Waals surface area contributed by atoms with Crippen molar-refractivity contribution in [3.8, 4) is 0 Å². The maximum atomic E-state index is 12.2. The van der Waals surface area contributed by atoms with Crippen LogP contribution in [0, 0.1) is 5.92 Å². The van der Waals surface area contributed by atoms with Crippen molar-refractivity contribution < 1.29 is 19.4 Å². The molecule has 0 spiro atoms. The van der Waals surface area contributed by atoms with E-state index < -0.39 is 16.0 Å². The molecule has 1 aliphatic heterocycles. The van der Waals surface area contributed by atoms with Crippen LogP contribution >= 0.6 is 34.8 Å². The third-order valence-electron chi connectivity index (χ3n) is 7.21. The van der Waals surface area contributed by atoms with Crippen LogP contribution in [0.5, 0.6) is 0 Å². The minimum absolute atomic E-state index is 0.0232.